The number of carbonyl (C=O) groups excluding carboxylic acids is 2. The Morgan fingerprint density at radius 2 is 1.39 bits per heavy atom. The molecule has 2 atom stereocenters. The highest BCUT2D eigenvalue weighted by atomic mass is 32.2. The number of sulfone groups is 1. The standard InChI is InChI=1S/C42H56N2O9S/c1-2-49-26-21-43-42(46)34-15-13-33(14-16-34)40(45)12-8-24-50-27-29-52-30-28-51-25-9-31-54(47,48)37-19-17-36(18-20-37)53-41-38-11-5-4-10-35(38)32-39(41)44-22-6-3-7-23-44/h4-5,10-11,13-20,39,41H,2-3,6-9,12,21-32H2,1H3,(H,43,46)/t39-,41-/m0/s1. The normalized spacial score (nSPS) is 17.3. The van der Waals surface area contributed by atoms with Crippen molar-refractivity contribution in [2.45, 2.75) is 68.9 Å². The van der Waals surface area contributed by atoms with Crippen LogP contribution in [0, 0.1) is 0 Å². The van der Waals surface area contributed by atoms with Gasteiger partial charge >= 0.3 is 0 Å². The summed E-state index contributed by atoms with van der Waals surface area (Å²) in [5.41, 5.74) is 3.62. The van der Waals surface area contributed by atoms with Gasteiger partial charge in [0.05, 0.1) is 49.7 Å². The summed E-state index contributed by atoms with van der Waals surface area (Å²) >= 11 is 0. The molecule has 5 rings (SSSR count). The van der Waals surface area contributed by atoms with Gasteiger partial charge in [-0.15, -0.1) is 0 Å². The maximum absolute atomic E-state index is 13.0. The molecular weight excluding hydrogens is 709 g/mol. The summed E-state index contributed by atoms with van der Waals surface area (Å²) in [7, 11) is -3.45. The number of hydrogen-bond donors (Lipinski definition) is 1. The minimum absolute atomic E-state index is 0.00176. The lowest BCUT2D eigenvalue weighted by molar-refractivity contribution is 0.0142. The number of likely N-dealkylation sites (tertiary alicyclic amines) is 1. The Hall–Kier alpha value is -3.65. The minimum Gasteiger partial charge on any atom is -0.484 e. The molecule has 1 aliphatic carbocycles. The largest absolute Gasteiger partial charge is 0.484 e. The van der Waals surface area contributed by atoms with E-state index in [1.54, 1.807) is 48.5 Å². The highest BCUT2D eigenvalue weighted by Crippen LogP contribution is 2.39. The van der Waals surface area contributed by atoms with Gasteiger partial charge in [-0.25, -0.2) is 8.42 Å². The molecule has 3 aromatic carbocycles. The second-order valence-corrected chi connectivity index (χ2v) is 15.8. The van der Waals surface area contributed by atoms with Crippen LogP contribution in [0.15, 0.2) is 77.7 Å². The average molecular weight is 765 g/mol. The molecule has 0 saturated carbocycles. The molecule has 2 aliphatic rings. The number of Topliss-reactive ketones (excluding diaryl/α,β-unsaturated/α-hetero) is 1. The van der Waals surface area contributed by atoms with Crippen LogP contribution in [0.1, 0.15) is 83.4 Å². The zero-order chi connectivity index (χ0) is 38.0. The second-order valence-electron chi connectivity index (χ2n) is 13.6. The molecule has 0 unspecified atom stereocenters. The zero-order valence-corrected chi connectivity index (χ0v) is 32.4. The molecule has 0 bridgehead atoms. The molecule has 1 amide bonds. The van der Waals surface area contributed by atoms with E-state index in [-0.39, 0.29) is 34.5 Å². The second kappa shape index (κ2) is 22.0. The summed E-state index contributed by atoms with van der Waals surface area (Å²) in [5, 5.41) is 2.78. The Balaban J connectivity index is 0.893. The van der Waals surface area contributed by atoms with Gasteiger partial charge in [0, 0.05) is 43.9 Å². The monoisotopic (exact) mass is 764 g/mol. The molecule has 0 spiro atoms. The first kappa shape index (κ1) is 41.5. The van der Waals surface area contributed by atoms with Gasteiger partial charge in [0.15, 0.2) is 15.6 Å². The van der Waals surface area contributed by atoms with Gasteiger partial charge in [-0.3, -0.25) is 14.5 Å². The smallest absolute Gasteiger partial charge is 0.251 e. The molecule has 12 heteroatoms. The van der Waals surface area contributed by atoms with Gasteiger partial charge in [0.25, 0.3) is 5.91 Å². The summed E-state index contributed by atoms with van der Waals surface area (Å²) in [6.45, 7) is 7.86. The van der Waals surface area contributed by atoms with Crippen molar-refractivity contribution >= 4 is 21.5 Å². The SMILES string of the molecule is CCOCCNC(=O)c1ccc(C(=O)CCCOCCOCCOCCCS(=O)(=O)c2ccc(O[C@H]3c4ccccc4C[C@@H]3N3CCCCC3)cc2)cc1. The topological polar surface area (TPSA) is 130 Å². The Bertz CT molecular complexity index is 1690. The fraction of sp³-hybridized carbons (Fsp3) is 0.524. The van der Waals surface area contributed by atoms with Gasteiger partial charge in [-0.2, -0.15) is 0 Å². The number of nitrogens with one attached hydrogen (secondary N) is 1. The molecule has 1 fully saturated rings. The van der Waals surface area contributed by atoms with Crippen LogP contribution in [0.5, 0.6) is 5.75 Å². The van der Waals surface area contributed by atoms with E-state index in [1.165, 1.54) is 30.4 Å². The summed E-state index contributed by atoms with van der Waals surface area (Å²) < 4.78 is 54.5. The van der Waals surface area contributed by atoms with E-state index < -0.39 is 9.84 Å². The number of ketones is 1. The van der Waals surface area contributed by atoms with Crippen LogP contribution >= 0.6 is 0 Å². The van der Waals surface area contributed by atoms with Crippen LogP contribution in [0.2, 0.25) is 0 Å². The van der Waals surface area contributed by atoms with Crippen LogP contribution in [-0.4, -0.2) is 109 Å². The third kappa shape index (κ3) is 12.7. The molecule has 1 saturated heterocycles. The van der Waals surface area contributed by atoms with E-state index in [4.69, 9.17) is 23.7 Å². The van der Waals surface area contributed by atoms with E-state index in [1.807, 2.05) is 6.92 Å². The first-order valence-corrected chi connectivity index (χ1v) is 21.0. The van der Waals surface area contributed by atoms with E-state index in [0.29, 0.717) is 95.5 Å². The third-order valence-corrected chi connectivity index (χ3v) is 11.6. The van der Waals surface area contributed by atoms with Crippen molar-refractivity contribution in [2.75, 3.05) is 78.2 Å². The Kier molecular flexibility index (Phi) is 16.9. The maximum Gasteiger partial charge on any atom is 0.251 e. The number of hydrogen-bond acceptors (Lipinski definition) is 10. The number of carbonyl (C=O) groups is 2. The number of amides is 1. The maximum atomic E-state index is 13.0. The predicted octanol–water partition coefficient (Wildman–Crippen LogP) is 5.86. The van der Waals surface area contributed by atoms with Gasteiger partial charge in [0.2, 0.25) is 0 Å². The van der Waals surface area contributed by atoms with Crippen molar-refractivity contribution in [3.05, 3.63) is 95.1 Å². The lowest BCUT2D eigenvalue weighted by Gasteiger charge is -2.35. The van der Waals surface area contributed by atoms with Crippen molar-refractivity contribution in [2.24, 2.45) is 0 Å². The lowest BCUT2D eigenvalue weighted by Crippen LogP contribution is -2.43. The number of benzene rings is 3. The van der Waals surface area contributed by atoms with Crippen LogP contribution in [-0.2, 0) is 35.2 Å². The Morgan fingerprint density at radius 3 is 2.09 bits per heavy atom. The van der Waals surface area contributed by atoms with Gasteiger partial charge < -0.3 is 29.0 Å². The van der Waals surface area contributed by atoms with E-state index in [0.717, 1.165) is 19.5 Å². The summed E-state index contributed by atoms with van der Waals surface area (Å²) in [4.78, 5) is 27.5. The fourth-order valence-electron chi connectivity index (χ4n) is 6.90. The minimum atomic E-state index is -3.45. The molecule has 1 N–H and O–H groups in total. The van der Waals surface area contributed by atoms with Crippen LogP contribution in [0.25, 0.3) is 0 Å². The van der Waals surface area contributed by atoms with Gasteiger partial charge in [-0.1, -0.05) is 42.8 Å². The average Bonchev–Trinajstić information content (AvgIpc) is 3.56. The number of piperidine rings is 1. The van der Waals surface area contributed by atoms with E-state index in [9.17, 15) is 18.0 Å². The molecule has 294 valence electrons. The quantitative estimate of drug-likeness (QED) is 0.0875. The fourth-order valence-corrected chi connectivity index (χ4v) is 8.19. The van der Waals surface area contributed by atoms with Crippen LogP contribution in [0.4, 0.5) is 0 Å². The summed E-state index contributed by atoms with van der Waals surface area (Å²) in [5.74, 6) is 0.475. The summed E-state index contributed by atoms with van der Waals surface area (Å²) in [6, 6.07) is 22.3. The van der Waals surface area contributed by atoms with Gasteiger partial charge in [-0.05, 0) is 99.6 Å². The first-order valence-electron chi connectivity index (χ1n) is 19.4. The van der Waals surface area contributed by atoms with Crippen LogP contribution in [0.3, 0.4) is 0 Å². The highest BCUT2D eigenvalue weighted by Gasteiger charge is 2.38. The molecule has 11 nitrogen and oxygen atoms in total. The molecule has 54 heavy (non-hydrogen) atoms. The summed E-state index contributed by atoms with van der Waals surface area (Å²) in [6.07, 6.45) is 5.92. The molecule has 3 aromatic rings. The van der Waals surface area contributed by atoms with Crippen molar-refractivity contribution in [3.8, 4) is 5.75 Å². The molecular formula is C42H56N2O9S. The predicted molar refractivity (Wildman–Crippen MR) is 207 cm³/mol. The van der Waals surface area contributed by atoms with Crippen molar-refractivity contribution in [1.29, 1.82) is 0 Å². The molecule has 1 heterocycles. The number of ether oxygens (including phenoxy) is 5. The lowest BCUT2D eigenvalue weighted by atomic mass is 10.0. The molecule has 1 aliphatic heterocycles. The van der Waals surface area contributed by atoms with Crippen molar-refractivity contribution < 1.29 is 41.7 Å². The number of fused-ring (bicyclic) bond motifs is 1. The highest BCUT2D eigenvalue weighted by molar-refractivity contribution is 7.91. The number of nitrogens with zero attached hydrogens (tertiary/aromatic N) is 1. The molecule has 0 aromatic heterocycles. The third-order valence-electron chi connectivity index (χ3n) is 9.79. The first-order chi connectivity index (χ1) is 26.4. The van der Waals surface area contributed by atoms with Crippen molar-refractivity contribution in [3.63, 3.8) is 0 Å². The van der Waals surface area contributed by atoms with E-state index in [2.05, 4.69) is 34.5 Å². The van der Waals surface area contributed by atoms with E-state index >= 15 is 0 Å². The van der Waals surface area contributed by atoms with Gasteiger partial charge in [0.1, 0.15) is 11.9 Å². The Morgan fingerprint density at radius 1 is 0.741 bits per heavy atom. The van der Waals surface area contributed by atoms with Crippen LogP contribution < -0.4 is 10.1 Å². The number of rotatable bonds is 24. The zero-order valence-electron chi connectivity index (χ0n) is 31.5. The van der Waals surface area contributed by atoms with Crippen molar-refractivity contribution in [1.82, 2.24) is 10.2 Å². The molecule has 0 radical (unpaired) electrons. The Labute approximate surface area is 320 Å².